The summed E-state index contributed by atoms with van der Waals surface area (Å²) in [5.74, 6) is -0.453. The predicted molar refractivity (Wildman–Crippen MR) is 124 cm³/mol. The van der Waals surface area contributed by atoms with Crippen LogP contribution in [0.25, 0.3) is 0 Å². The monoisotopic (exact) mass is 448 g/mol. The van der Waals surface area contributed by atoms with Crippen LogP contribution in [-0.2, 0) is 0 Å². The zero-order valence-corrected chi connectivity index (χ0v) is 18.3. The molecule has 0 aliphatic carbocycles. The molecule has 0 aromatic heterocycles. The van der Waals surface area contributed by atoms with Crippen molar-refractivity contribution in [2.24, 2.45) is 0 Å². The fourth-order valence-corrected chi connectivity index (χ4v) is 3.59. The quantitative estimate of drug-likeness (QED) is 0.500. The van der Waals surface area contributed by atoms with E-state index in [1.807, 2.05) is 13.8 Å². The van der Waals surface area contributed by atoms with E-state index in [-0.39, 0.29) is 17.0 Å². The van der Waals surface area contributed by atoms with E-state index in [0.29, 0.717) is 33.8 Å². The van der Waals surface area contributed by atoms with Crippen molar-refractivity contribution in [2.45, 2.75) is 26.4 Å². The molecule has 1 aliphatic rings. The largest absolute Gasteiger partial charge is 0.491 e. The van der Waals surface area contributed by atoms with Crippen molar-refractivity contribution in [3.8, 4) is 5.75 Å². The summed E-state index contributed by atoms with van der Waals surface area (Å²) in [6, 6.07) is 18.1. The highest BCUT2D eigenvalue weighted by atomic mass is 35.5. The Morgan fingerprint density at radius 2 is 1.62 bits per heavy atom. The van der Waals surface area contributed by atoms with Crippen LogP contribution in [0.4, 0.5) is 11.4 Å². The summed E-state index contributed by atoms with van der Waals surface area (Å²) in [6.45, 7) is 4.02. The van der Waals surface area contributed by atoms with Crippen LogP contribution < -0.4 is 15.0 Å². The molecule has 0 spiro atoms. The average molecular weight is 449 g/mol. The van der Waals surface area contributed by atoms with Gasteiger partial charge in [-0.3, -0.25) is 14.4 Å². The Morgan fingerprint density at radius 1 is 1.00 bits per heavy atom. The summed E-state index contributed by atoms with van der Waals surface area (Å²) in [4.78, 5) is 39.0. The molecule has 6 nitrogen and oxygen atoms in total. The van der Waals surface area contributed by atoms with Crippen LogP contribution in [0.2, 0.25) is 5.02 Å². The van der Waals surface area contributed by atoms with Gasteiger partial charge in [0, 0.05) is 5.56 Å². The van der Waals surface area contributed by atoms with Crippen LogP contribution in [0.1, 0.15) is 51.3 Å². The summed E-state index contributed by atoms with van der Waals surface area (Å²) in [5.41, 5.74) is 1.86. The number of carbonyl (C=O) groups is 3. The molecule has 1 atom stereocenters. The Balaban J connectivity index is 1.49. The lowest BCUT2D eigenvalue weighted by Crippen LogP contribution is -2.29. The third-order valence-electron chi connectivity index (χ3n) is 5.28. The molecule has 0 saturated heterocycles. The molecule has 1 aliphatic heterocycles. The topological polar surface area (TPSA) is 75.7 Å². The van der Waals surface area contributed by atoms with Crippen LogP contribution in [-0.4, -0.2) is 23.8 Å². The van der Waals surface area contributed by atoms with Gasteiger partial charge in [-0.25, -0.2) is 4.90 Å². The van der Waals surface area contributed by atoms with Crippen LogP contribution >= 0.6 is 11.6 Å². The number of anilines is 2. The molecular formula is C25H21ClN2O4. The van der Waals surface area contributed by atoms with Crippen molar-refractivity contribution in [1.82, 2.24) is 0 Å². The van der Waals surface area contributed by atoms with Crippen molar-refractivity contribution in [1.29, 1.82) is 0 Å². The van der Waals surface area contributed by atoms with Gasteiger partial charge in [0.05, 0.1) is 33.6 Å². The van der Waals surface area contributed by atoms with Crippen molar-refractivity contribution >= 4 is 40.7 Å². The molecule has 0 bridgehead atoms. The number of fused-ring (bicyclic) bond motifs is 1. The second kappa shape index (κ2) is 8.85. The Bertz CT molecular complexity index is 1170. The SMILES string of the molecule is CC[C@@H](C)Oc1ccc(C(=O)Nc2ccc(N3C(=O)c4ccccc4C3=O)cc2Cl)cc1. The van der Waals surface area contributed by atoms with Gasteiger partial charge in [-0.1, -0.05) is 30.7 Å². The third kappa shape index (κ3) is 4.09. The van der Waals surface area contributed by atoms with Gasteiger partial charge in [0.2, 0.25) is 0 Å². The number of amides is 3. The summed E-state index contributed by atoms with van der Waals surface area (Å²) in [5, 5.41) is 2.97. The second-order valence-electron chi connectivity index (χ2n) is 7.47. The maximum atomic E-state index is 12.7. The molecule has 4 rings (SSSR count). The second-order valence-corrected chi connectivity index (χ2v) is 7.88. The summed E-state index contributed by atoms with van der Waals surface area (Å²) in [7, 11) is 0. The third-order valence-corrected chi connectivity index (χ3v) is 5.59. The van der Waals surface area contributed by atoms with Crippen LogP contribution in [0.15, 0.2) is 66.7 Å². The summed E-state index contributed by atoms with van der Waals surface area (Å²) >= 11 is 6.36. The summed E-state index contributed by atoms with van der Waals surface area (Å²) < 4.78 is 5.73. The van der Waals surface area contributed by atoms with E-state index in [2.05, 4.69) is 5.32 Å². The van der Waals surface area contributed by atoms with E-state index in [4.69, 9.17) is 16.3 Å². The molecule has 1 heterocycles. The number of nitrogens with zero attached hydrogens (tertiary/aromatic N) is 1. The van der Waals surface area contributed by atoms with E-state index in [1.54, 1.807) is 60.7 Å². The molecule has 3 aromatic carbocycles. The van der Waals surface area contributed by atoms with Gasteiger partial charge in [0.1, 0.15) is 5.75 Å². The first-order valence-electron chi connectivity index (χ1n) is 10.2. The maximum absolute atomic E-state index is 12.7. The van der Waals surface area contributed by atoms with Gasteiger partial charge in [0.25, 0.3) is 17.7 Å². The highest BCUT2D eigenvalue weighted by Gasteiger charge is 2.36. The smallest absolute Gasteiger partial charge is 0.266 e. The fraction of sp³-hybridized carbons (Fsp3) is 0.160. The van der Waals surface area contributed by atoms with E-state index >= 15 is 0 Å². The number of benzene rings is 3. The number of imide groups is 1. The lowest BCUT2D eigenvalue weighted by Gasteiger charge is -2.16. The lowest BCUT2D eigenvalue weighted by atomic mass is 10.1. The van der Waals surface area contributed by atoms with Crippen LogP contribution in [0.3, 0.4) is 0 Å². The molecule has 3 aromatic rings. The number of hydrogen-bond donors (Lipinski definition) is 1. The lowest BCUT2D eigenvalue weighted by molar-refractivity contribution is 0.0924. The normalized spacial score (nSPS) is 13.7. The zero-order chi connectivity index (χ0) is 22.8. The molecule has 32 heavy (non-hydrogen) atoms. The number of ether oxygens (including phenoxy) is 1. The average Bonchev–Trinajstić information content (AvgIpc) is 3.06. The molecule has 162 valence electrons. The number of rotatable bonds is 6. The Hall–Kier alpha value is -3.64. The standard InChI is InChI=1S/C25H21ClN2O4/c1-3-15(2)32-18-11-8-16(9-12-18)23(29)27-22-13-10-17(14-21(22)26)28-24(30)19-6-4-5-7-20(19)25(28)31/h4-15H,3H2,1-2H3,(H,27,29)/t15-/m1/s1. The molecule has 7 heteroatoms. The van der Waals surface area contributed by atoms with Crippen molar-refractivity contribution in [2.75, 3.05) is 10.2 Å². The summed E-state index contributed by atoms with van der Waals surface area (Å²) in [6.07, 6.45) is 0.978. The Labute approximate surface area is 190 Å². The fourth-order valence-electron chi connectivity index (χ4n) is 3.36. The Kier molecular flexibility index (Phi) is 5.97. The van der Waals surface area contributed by atoms with Gasteiger partial charge in [-0.2, -0.15) is 0 Å². The van der Waals surface area contributed by atoms with Gasteiger partial charge in [0.15, 0.2) is 0 Å². The van der Waals surface area contributed by atoms with Crippen molar-refractivity contribution in [3.05, 3.63) is 88.4 Å². The van der Waals surface area contributed by atoms with Crippen molar-refractivity contribution < 1.29 is 19.1 Å². The first-order chi connectivity index (χ1) is 15.4. The number of hydrogen-bond acceptors (Lipinski definition) is 4. The maximum Gasteiger partial charge on any atom is 0.266 e. The predicted octanol–water partition coefficient (Wildman–Crippen LogP) is 5.57. The molecule has 3 amide bonds. The highest BCUT2D eigenvalue weighted by molar-refractivity contribution is 6.37. The molecule has 0 radical (unpaired) electrons. The number of nitrogens with one attached hydrogen (secondary N) is 1. The van der Waals surface area contributed by atoms with E-state index < -0.39 is 11.8 Å². The van der Waals surface area contributed by atoms with Gasteiger partial charge in [-0.15, -0.1) is 0 Å². The molecule has 1 N–H and O–H groups in total. The van der Waals surface area contributed by atoms with Crippen molar-refractivity contribution in [3.63, 3.8) is 0 Å². The van der Waals surface area contributed by atoms with Gasteiger partial charge in [-0.05, 0) is 67.9 Å². The number of halogens is 1. The van der Waals surface area contributed by atoms with E-state index in [0.717, 1.165) is 11.3 Å². The molecule has 0 fully saturated rings. The van der Waals surface area contributed by atoms with Gasteiger partial charge >= 0.3 is 0 Å². The number of carbonyl (C=O) groups excluding carboxylic acids is 3. The minimum Gasteiger partial charge on any atom is -0.491 e. The van der Waals surface area contributed by atoms with E-state index in [1.165, 1.54) is 6.07 Å². The van der Waals surface area contributed by atoms with Gasteiger partial charge < -0.3 is 10.1 Å². The zero-order valence-electron chi connectivity index (χ0n) is 17.6. The minimum atomic E-state index is -0.404. The first-order valence-corrected chi connectivity index (χ1v) is 10.6. The highest BCUT2D eigenvalue weighted by Crippen LogP contribution is 2.33. The molecule has 0 saturated carbocycles. The first kappa shape index (κ1) is 21.6. The molecular weight excluding hydrogens is 428 g/mol. The van der Waals surface area contributed by atoms with E-state index in [9.17, 15) is 14.4 Å². The minimum absolute atomic E-state index is 0.0918. The Morgan fingerprint density at radius 3 is 2.19 bits per heavy atom. The van der Waals surface area contributed by atoms with Crippen LogP contribution in [0, 0.1) is 0 Å². The molecule has 0 unspecified atom stereocenters. The van der Waals surface area contributed by atoms with Crippen LogP contribution in [0.5, 0.6) is 5.75 Å².